The average molecular weight is 346 g/mol. The molecule has 0 aliphatic rings. The van der Waals surface area contributed by atoms with Gasteiger partial charge < -0.3 is 9.47 Å². The van der Waals surface area contributed by atoms with Crippen LogP contribution >= 0.6 is 0 Å². The minimum atomic E-state index is -3.57. The standard InChI is InChI=1S/C17H18N2O4S/c1-22-16-8-7-13(11-17(16)23-2)9-10-24(20,21)19-15-6-4-3-5-14(15)12-18/h3-8,11,19H,9-10H2,1-2H3. The van der Waals surface area contributed by atoms with Crippen LogP contribution < -0.4 is 14.2 Å². The number of hydrogen-bond donors (Lipinski definition) is 1. The Bertz CT molecular complexity index is 857. The van der Waals surface area contributed by atoms with Crippen molar-refractivity contribution in [2.45, 2.75) is 6.42 Å². The largest absolute Gasteiger partial charge is 0.493 e. The van der Waals surface area contributed by atoms with Crippen molar-refractivity contribution in [1.82, 2.24) is 0 Å². The van der Waals surface area contributed by atoms with Crippen LogP contribution in [0, 0.1) is 11.3 Å². The highest BCUT2D eigenvalue weighted by molar-refractivity contribution is 7.92. The molecule has 0 aromatic heterocycles. The summed E-state index contributed by atoms with van der Waals surface area (Å²) in [4.78, 5) is 0. The molecule has 0 radical (unpaired) electrons. The van der Waals surface area contributed by atoms with E-state index in [1.807, 2.05) is 6.07 Å². The summed E-state index contributed by atoms with van der Waals surface area (Å²) in [6, 6.07) is 13.7. The predicted octanol–water partition coefficient (Wildman–Crippen LogP) is 2.56. The van der Waals surface area contributed by atoms with E-state index in [1.54, 1.807) is 49.6 Å². The summed E-state index contributed by atoms with van der Waals surface area (Å²) in [5, 5.41) is 9.02. The Labute approximate surface area is 141 Å². The van der Waals surface area contributed by atoms with Crippen LogP contribution in [0.25, 0.3) is 0 Å². The third-order valence-corrected chi connectivity index (χ3v) is 4.69. The van der Waals surface area contributed by atoms with Gasteiger partial charge in [0.05, 0.1) is 31.2 Å². The predicted molar refractivity (Wildman–Crippen MR) is 91.8 cm³/mol. The topological polar surface area (TPSA) is 88.4 Å². The summed E-state index contributed by atoms with van der Waals surface area (Å²) < 4.78 is 37.3. The van der Waals surface area contributed by atoms with Crippen molar-refractivity contribution in [1.29, 1.82) is 5.26 Å². The molecule has 6 nitrogen and oxygen atoms in total. The third-order valence-electron chi connectivity index (χ3n) is 3.42. The summed E-state index contributed by atoms with van der Waals surface area (Å²) in [5.74, 6) is 1.03. The second-order valence-electron chi connectivity index (χ2n) is 5.02. The van der Waals surface area contributed by atoms with Gasteiger partial charge in [0.2, 0.25) is 10.0 Å². The van der Waals surface area contributed by atoms with Gasteiger partial charge in [-0.25, -0.2) is 8.42 Å². The Morgan fingerprint density at radius 2 is 1.79 bits per heavy atom. The summed E-state index contributed by atoms with van der Waals surface area (Å²) in [6.45, 7) is 0. The van der Waals surface area contributed by atoms with Gasteiger partial charge >= 0.3 is 0 Å². The molecular weight excluding hydrogens is 328 g/mol. The number of para-hydroxylation sites is 1. The van der Waals surface area contributed by atoms with Crippen molar-refractivity contribution in [3.8, 4) is 17.6 Å². The number of methoxy groups -OCH3 is 2. The Balaban J connectivity index is 2.09. The summed E-state index contributed by atoms with van der Waals surface area (Å²) in [7, 11) is -0.507. The fourth-order valence-electron chi connectivity index (χ4n) is 2.18. The Morgan fingerprint density at radius 3 is 2.46 bits per heavy atom. The van der Waals surface area contributed by atoms with Crippen LogP contribution in [0.5, 0.6) is 11.5 Å². The first-order chi connectivity index (χ1) is 11.5. The zero-order valence-electron chi connectivity index (χ0n) is 13.4. The molecule has 24 heavy (non-hydrogen) atoms. The van der Waals surface area contributed by atoms with E-state index in [9.17, 15) is 8.42 Å². The van der Waals surface area contributed by atoms with Gasteiger partial charge in [-0.3, -0.25) is 4.72 Å². The normalized spacial score (nSPS) is 10.7. The monoisotopic (exact) mass is 346 g/mol. The van der Waals surface area contributed by atoms with Crippen LogP contribution in [0.2, 0.25) is 0 Å². The molecule has 0 saturated carbocycles. The van der Waals surface area contributed by atoms with Crippen LogP contribution in [0.15, 0.2) is 42.5 Å². The minimum Gasteiger partial charge on any atom is -0.493 e. The molecule has 0 fully saturated rings. The van der Waals surface area contributed by atoms with Crippen molar-refractivity contribution >= 4 is 15.7 Å². The van der Waals surface area contributed by atoms with Gasteiger partial charge in [0.1, 0.15) is 6.07 Å². The van der Waals surface area contributed by atoms with E-state index in [0.29, 0.717) is 17.9 Å². The summed E-state index contributed by atoms with van der Waals surface area (Å²) in [6.07, 6.45) is 0.310. The zero-order chi connectivity index (χ0) is 17.6. The number of aryl methyl sites for hydroxylation is 1. The maximum Gasteiger partial charge on any atom is 0.233 e. The van der Waals surface area contributed by atoms with Crippen LogP contribution in [0.3, 0.4) is 0 Å². The Kier molecular flexibility index (Phi) is 5.66. The van der Waals surface area contributed by atoms with Gasteiger partial charge in [-0.2, -0.15) is 5.26 Å². The highest BCUT2D eigenvalue weighted by atomic mass is 32.2. The average Bonchev–Trinajstić information content (AvgIpc) is 2.60. The number of nitriles is 1. The lowest BCUT2D eigenvalue weighted by Gasteiger charge is -2.11. The van der Waals surface area contributed by atoms with Gasteiger partial charge in [-0.1, -0.05) is 18.2 Å². The third kappa shape index (κ3) is 4.40. The van der Waals surface area contributed by atoms with Crippen LogP contribution in [-0.4, -0.2) is 28.4 Å². The number of nitrogens with zero attached hydrogens (tertiary/aromatic N) is 1. The number of ether oxygens (including phenoxy) is 2. The smallest absolute Gasteiger partial charge is 0.233 e. The summed E-state index contributed by atoms with van der Waals surface area (Å²) in [5.41, 5.74) is 1.38. The van der Waals surface area contributed by atoms with Crippen molar-refractivity contribution in [2.24, 2.45) is 0 Å². The van der Waals surface area contributed by atoms with Gasteiger partial charge in [-0.05, 0) is 36.2 Å². The minimum absolute atomic E-state index is 0.109. The summed E-state index contributed by atoms with van der Waals surface area (Å²) >= 11 is 0. The van der Waals surface area contributed by atoms with Gasteiger partial charge in [0, 0.05) is 0 Å². The van der Waals surface area contributed by atoms with Crippen molar-refractivity contribution in [3.63, 3.8) is 0 Å². The van der Waals surface area contributed by atoms with Gasteiger partial charge in [0.15, 0.2) is 11.5 Å². The molecule has 7 heteroatoms. The molecule has 0 heterocycles. The maximum absolute atomic E-state index is 12.2. The zero-order valence-corrected chi connectivity index (χ0v) is 14.3. The molecule has 2 rings (SSSR count). The SMILES string of the molecule is COc1ccc(CCS(=O)(=O)Nc2ccccc2C#N)cc1OC. The maximum atomic E-state index is 12.2. The van der Waals surface area contributed by atoms with E-state index in [4.69, 9.17) is 14.7 Å². The second-order valence-corrected chi connectivity index (χ2v) is 6.86. The number of anilines is 1. The lowest BCUT2D eigenvalue weighted by Crippen LogP contribution is -2.18. The molecule has 2 aromatic rings. The van der Waals surface area contributed by atoms with Crippen molar-refractivity contribution in [2.75, 3.05) is 24.7 Å². The van der Waals surface area contributed by atoms with E-state index >= 15 is 0 Å². The second kappa shape index (κ2) is 7.70. The number of rotatable bonds is 7. The molecule has 0 saturated heterocycles. The molecular formula is C17H18N2O4S. The lowest BCUT2D eigenvalue weighted by molar-refractivity contribution is 0.354. The van der Waals surface area contributed by atoms with Crippen molar-refractivity contribution < 1.29 is 17.9 Å². The van der Waals surface area contributed by atoms with Crippen molar-refractivity contribution in [3.05, 3.63) is 53.6 Å². The highest BCUT2D eigenvalue weighted by Gasteiger charge is 2.14. The fourth-order valence-corrected chi connectivity index (χ4v) is 3.30. The van der Waals surface area contributed by atoms with E-state index in [0.717, 1.165) is 5.56 Å². The van der Waals surface area contributed by atoms with Gasteiger partial charge in [0.25, 0.3) is 0 Å². The lowest BCUT2D eigenvalue weighted by atomic mass is 10.1. The number of hydrogen-bond acceptors (Lipinski definition) is 5. The first kappa shape index (κ1) is 17.6. The molecule has 0 aliphatic carbocycles. The molecule has 0 unspecified atom stereocenters. The molecule has 0 bridgehead atoms. The number of nitrogens with one attached hydrogen (secondary N) is 1. The first-order valence-corrected chi connectivity index (χ1v) is 8.85. The molecule has 0 aliphatic heterocycles. The molecule has 0 spiro atoms. The van der Waals surface area contributed by atoms with E-state index < -0.39 is 10.0 Å². The van der Waals surface area contributed by atoms with Crippen LogP contribution in [0.4, 0.5) is 5.69 Å². The van der Waals surface area contributed by atoms with E-state index in [2.05, 4.69) is 4.72 Å². The van der Waals surface area contributed by atoms with E-state index in [-0.39, 0.29) is 17.0 Å². The molecule has 126 valence electrons. The molecule has 0 atom stereocenters. The fraction of sp³-hybridized carbons (Fsp3) is 0.235. The number of benzene rings is 2. The van der Waals surface area contributed by atoms with Crippen LogP contribution in [0.1, 0.15) is 11.1 Å². The van der Waals surface area contributed by atoms with E-state index in [1.165, 1.54) is 7.11 Å². The molecule has 1 N–H and O–H groups in total. The van der Waals surface area contributed by atoms with Crippen LogP contribution in [-0.2, 0) is 16.4 Å². The Morgan fingerprint density at radius 1 is 1.08 bits per heavy atom. The number of sulfonamides is 1. The Hall–Kier alpha value is -2.72. The quantitative estimate of drug-likeness (QED) is 0.832. The first-order valence-electron chi connectivity index (χ1n) is 7.19. The molecule has 2 aromatic carbocycles. The van der Waals surface area contributed by atoms with Gasteiger partial charge in [-0.15, -0.1) is 0 Å². The highest BCUT2D eigenvalue weighted by Crippen LogP contribution is 2.27. The molecule has 0 amide bonds.